The van der Waals surface area contributed by atoms with Gasteiger partial charge in [-0.3, -0.25) is 9.48 Å². The number of imidazole rings is 1. The highest BCUT2D eigenvalue weighted by Crippen LogP contribution is 2.27. The van der Waals surface area contributed by atoms with Gasteiger partial charge in [0.15, 0.2) is 0 Å². The number of nitriles is 1. The molecule has 3 rings (SSSR count). The molecule has 0 radical (unpaired) electrons. The molecule has 0 bridgehead atoms. The lowest BCUT2D eigenvalue weighted by molar-refractivity contribution is -0.129. The summed E-state index contributed by atoms with van der Waals surface area (Å²) in [7, 11) is -1.37. The minimum Gasteiger partial charge on any atom is -0.361 e. The quantitative estimate of drug-likeness (QED) is 0.178. The molecule has 0 unspecified atom stereocenters. The summed E-state index contributed by atoms with van der Waals surface area (Å²) in [6.45, 7) is 8.68. The summed E-state index contributed by atoms with van der Waals surface area (Å²) in [6.07, 6.45) is -2.91. The molecule has 0 saturated carbocycles. The van der Waals surface area contributed by atoms with E-state index in [1.165, 1.54) is 21.5 Å². The molecule has 3 aromatic rings. The van der Waals surface area contributed by atoms with Crippen molar-refractivity contribution in [2.45, 2.75) is 64.5 Å². The Balaban J connectivity index is 1.66. The number of alkyl halides is 3. The van der Waals surface area contributed by atoms with E-state index in [4.69, 9.17) is 21.6 Å². The van der Waals surface area contributed by atoms with Gasteiger partial charge >= 0.3 is 6.18 Å². The number of rotatable bonds is 11. The molecule has 39 heavy (non-hydrogen) atoms. The summed E-state index contributed by atoms with van der Waals surface area (Å²) in [4.78, 5) is 16.7. The van der Waals surface area contributed by atoms with E-state index in [2.05, 4.69) is 35.0 Å². The predicted molar refractivity (Wildman–Crippen MR) is 140 cm³/mol. The van der Waals surface area contributed by atoms with Gasteiger partial charge in [0.25, 0.3) is 5.91 Å². The lowest BCUT2D eigenvalue weighted by Crippen LogP contribution is -2.36. The zero-order chi connectivity index (χ0) is 29.0. The average Bonchev–Trinajstić information content (AvgIpc) is 3.42. The zero-order valence-corrected chi connectivity index (χ0v) is 23.7. The Kier molecular flexibility index (Phi) is 9.58. The first-order valence-corrected chi connectivity index (χ1v) is 16.2. The van der Waals surface area contributed by atoms with Crippen molar-refractivity contribution in [2.75, 3.05) is 6.61 Å². The Morgan fingerprint density at radius 1 is 1.31 bits per heavy atom. The number of halogens is 5. The standard InChI is InChI=1S/C25H29ClF4N6O2Si/c1-16(13-36-6-5-21(34-36)17-9-19(26)18(12-31)20(27)10-17)32-24(37)22-14-35(15-38-7-8-39(2,3)4)23(33-22)11-25(28,29)30/h5-6,9-10,14,16H,7-8,11,13,15H2,1-4H3,(H,32,37)/t16-/m0/s1. The van der Waals surface area contributed by atoms with E-state index in [9.17, 15) is 22.4 Å². The van der Waals surface area contributed by atoms with Gasteiger partial charge in [-0.1, -0.05) is 31.2 Å². The Morgan fingerprint density at radius 3 is 2.64 bits per heavy atom. The van der Waals surface area contributed by atoms with E-state index in [0.29, 0.717) is 17.9 Å². The molecular formula is C25H29ClF4N6O2Si. The number of aromatic nitrogens is 4. The van der Waals surface area contributed by atoms with Gasteiger partial charge in [0.1, 0.15) is 42.1 Å². The summed E-state index contributed by atoms with van der Waals surface area (Å²) in [5.74, 6) is -1.71. The Morgan fingerprint density at radius 2 is 2.03 bits per heavy atom. The molecule has 8 nitrogen and oxygen atoms in total. The predicted octanol–water partition coefficient (Wildman–Crippen LogP) is 5.65. The maximum atomic E-state index is 14.1. The minimum atomic E-state index is -4.50. The molecule has 1 atom stereocenters. The van der Waals surface area contributed by atoms with Crippen LogP contribution in [0.4, 0.5) is 17.6 Å². The van der Waals surface area contributed by atoms with Crippen LogP contribution in [0.25, 0.3) is 11.3 Å². The molecule has 0 saturated heterocycles. The van der Waals surface area contributed by atoms with Crippen LogP contribution < -0.4 is 5.32 Å². The maximum Gasteiger partial charge on any atom is 0.396 e. The molecule has 1 aromatic carbocycles. The molecule has 1 N–H and O–H groups in total. The van der Waals surface area contributed by atoms with Crippen molar-refractivity contribution in [1.29, 1.82) is 5.26 Å². The molecule has 210 valence electrons. The van der Waals surface area contributed by atoms with Crippen LogP contribution in [-0.4, -0.2) is 52.1 Å². The summed E-state index contributed by atoms with van der Waals surface area (Å²) in [5.41, 5.74) is 0.374. The van der Waals surface area contributed by atoms with Crippen molar-refractivity contribution in [3.63, 3.8) is 0 Å². The van der Waals surface area contributed by atoms with Crippen molar-refractivity contribution in [3.8, 4) is 17.3 Å². The van der Waals surface area contributed by atoms with Gasteiger partial charge < -0.3 is 14.6 Å². The second-order valence-electron chi connectivity index (χ2n) is 10.4. The summed E-state index contributed by atoms with van der Waals surface area (Å²) in [5, 5.41) is 16.0. The fourth-order valence-corrected chi connectivity index (χ4v) is 4.61. The van der Waals surface area contributed by atoms with Crippen LogP contribution in [0.3, 0.4) is 0 Å². The highest BCUT2D eigenvalue weighted by atomic mass is 35.5. The largest absolute Gasteiger partial charge is 0.396 e. The first kappa shape index (κ1) is 30.3. The molecule has 0 fully saturated rings. The van der Waals surface area contributed by atoms with Crippen LogP contribution in [0, 0.1) is 17.1 Å². The Bertz CT molecular complexity index is 1340. The third kappa shape index (κ3) is 8.91. The number of hydrogen-bond acceptors (Lipinski definition) is 5. The highest BCUT2D eigenvalue weighted by molar-refractivity contribution is 6.76. The molecule has 2 heterocycles. The number of ether oxygens (including phenoxy) is 1. The van der Waals surface area contributed by atoms with Crippen LogP contribution in [-0.2, 0) is 24.4 Å². The van der Waals surface area contributed by atoms with E-state index in [1.54, 1.807) is 25.3 Å². The molecule has 0 spiro atoms. The maximum absolute atomic E-state index is 14.1. The van der Waals surface area contributed by atoms with Gasteiger partial charge in [-0.15, -0.1) is 0 Å². The number of carbonyl (C=O) groups excluding carboxylic acids is 1. The van der Waals surface area contributed by atoms with Crippen molar-refractivity contribution in [1.82, 2.24) is 24.6 Å². The zero-order valence-electron chi connectivity index (χ0n) is 21.9. The number of amides is 1. The highest BCUT2D eigenvalue weighted by Gasteiger charge is 2.31. The average molecular weight is 585 g/mol. The van der Waals surface area contributed by atoms with Gasteiger partial charge in [0.2, 0.25) is 0 Å². The third-order valence-corrected chi connectivity index (χ3v) is 7.61. The number of benzene rings is 1. The second-order valence-corrected chi connectivity index (χ2v) is 16.4. The van der Waals surface area contributed by atoms with Crippen molar-refractivity contribution < 1.29 is 27.1 Å². The van der Waals surface area contributed by atoms with Gasteiger partial charge in [0, 0.05) is 38.7 Å². The number of nitrogens with zero attached hydrogens (tertiary/aromatic N) is 5. The first-order chi connectivity index (χ1) is 18.1. The van der Waals surface area contributed by atoms with E-state index in [0.717, 1.165) is 12.1 Å². The number of hydrogen-bond donors (Lipinski definition) is 1. The van der Waals surface area contributed by atoms with E-state index in [-0.39, 0.29) is 35.4 Å². The molecule has 0 aliphatic carbocycles. The second kappa shape index (κ2) is 12.3. The van der Waals surface area contributed by atoms with Gasteiger partial charge in [0.05, 0.1) is 17.3 Å². The van der Waals surface area contributed by atoms with Gasteiger partial charge in [-0.05, 0) is 31.2 Å². The van der Waals surface area contributed by atoms with Gasteiger partial charge in [-0.2, -0.15) is 23.5 Å². The lowest BCUT2D eigenvalue weighted by Gasteiger charge is -2.16. The van der Waals surface area contributed by atoms with Crippen LogP contribution >= 0.6 is 11.6 Å². The summed E-state index contributed by atoms with van der Waals surface area (Å²) in [6, 6.07) is 6.29. The minimum absolute atomic E-state index is 0.0338. The Labute approximate surface area is 229 Å². The molecule has 14 heteroatoms. The normalized spacial score (nSPS) is 12.8. The fraction of sp³-hybridized carbons (Fsp3) is 0.440. The fourth-order valence-electron chi connectivity index (χ4n) is 3.61. The van der Waals surface area contributed by atoms with Crippen molar-refractivity contribution in [2.24, 2.45) is 0 Å². The summed E-state index contributed by atoms with van der Waals surface area (Å²) < 4.78 is 61.7. The van der Waals surface area contributed by atoms with Crippen molar-refractivity contribution >= 4 is 25.6 Å². The monoisotopic (exact) mass is 584 g/mol. The third-order valence-electron chi connectivity index (χ3n) is 5.61. The van der Waals surface area contributed by atoms with E-state index < -0.39 is 38.4 Å². The smallest absolute Gasteiger partial charge is 0.361 e. The van der Waals surface area contributed by atoms with E-state index >= 15 is 0 Å². The van der Waals surface area contributed by atoms with E-state index in [1.807, 2.05) is 0 Å². The first-order valence-electron chi connectivity index (χ1n) is 12.1. The molecule has 0 aliphatic heterocycles. The SMILES string of the molecule is C[C@@H](Cn1ccc(-c2cc(F)c(C#N)c(Cl)c2)n1)NC(=O)c1cn(COCC[Si](C)(C)C)c(CC(F)(F)F)n1. The number of carbonyl (C=O) groups is 1. The molecule has 2 aromatic heterocycles. The topological polar surface area (TPSA) is 97.8 Å². The van der Waals surface area contributed by atoms with Crippen LogP contribution in [0.15, 0.2) is 30.6 Å². The van der Waals surface area contributed by atoms with Crippen LogP contribution in [0.1, 0.15) is 28.8 Å². The lowest BCUT2D eigenvalue weighted by atomic mass is 10.1. The van der Waals surface area contributed by atoms with Gasteiger partial charge in [-0.25, -0.2) is 9.37 Å². The summed E-state index contributed by atoms with van der Waals surface area (Å²) >= 11 is 5.97. The van der Waals surface area contributed by atoms with Crippen LogP contribution in [0.5, 0.6) is 0 Å². The Hall–Kier alpha value is -3.21. The number of nitrogens with one attached hydrogen (secondary N) is 1. The van der Waals surface area contributed by atoms with Crippen LogP contribution in [0.2, 0.25) is 30.7 Å². The molecule has 0 aliphatic rings. The van der Waals surface area contributed by atoms with Crippen molar-refractivity contribution in [3.05, 3.63) is 58.5 Å². The molecule has 1 amide bonds. The molecular weight excluding hydrogens is 556 g/mol.